The van der Waals surface area contributed by atoms with Crippen LogP contribution in [-0.2, 0) is 10.0 Å². The molecule has 1 aliphatic heterocycles. The van der Waals surface area contributed by atoms with Crippen molar-refractivity contribution in [1.29, 1.82) is 0 Å². The molecule has 1 aromatic carbocycles. The third-order valence-corrected chi connectivity index (χ3v) is 7.50. The minimum atomic E-state index is -3.59. The molecule has 1 amide bonds. The van der Waals surface area contributed by atoms with Crippen molar-refractivity contribution in [2.45, 2.75) is 37.5 Å². The Kier molecular flexibility index (Phi) is 5.96. The van der Waals surface area contributed by atoms with Crippen LogP contribution in [0.15, 0.2) is 28.5 Å². The number of thiazole rings is 1. The van der Waals surface area contributed by atoms with Crippen molar-refractivity contribution >= 4 is 44.6 Å². The topological polar surface area (TPSA) is 79.4 Å². The molecule has 0 aliphatic carbocycles. The van der Waals surface area contributed by atoms with Gasteiger partial charge in [-0.1, -0.05) is 30.5 Å². The summed E-state index contributed by atoms with van der Waals surface area (Å²) in [6.07, 6.45) is 3.86. The molecule has 1 saturated heterocycles. The van der Waals surface area contributed by atoms with E-state index in [9.17, 15) is 13.2 Å². The summed E-state index contributed by atoms with van der Waals surface area (Å²) in [7, 11) is -3.59. The number of halogens is 1. The average molecular weight is 414 g/mol. The number of aromatic nitrogens is 1. The first-order chi connectivity index (χ1) is 12.4. The van der Waals surface area contributed by atoms with E-state index in [1.807, 2.05) is 0 Å². The van der Waals surface area contributed by atoms with Crippen LogP contribution in [0.4, 0.5) is 5.69 Å². The summed E-state index contributed by atoms with van der Waals surface area (Å²) in [5, 5.41) is 4.75. The highest BCUT2D eigenvalue weighted by atomic mass is 35.5. The van der Waals surface area contributed by atoms with Crippen LogP contribution in [0.2, 0.25) is 5.15 Å². The van der Waals surface area contributed by atoms with E-state index in [4.69, 9.17) is 11.6 Å². The van der Waals surface area contributed by atoms with Crippen molar-refractivity contribution in [1.82, 2.24) is 9.29 Å². The molecule has 0 radical (unpaired) electrons. The number of anilines is 1. The molecule has 140 valence electrons. The standard InChI is InChI=1S/C17H20ClN3O3S2/c1-12-6-7-13(19-16(22)17-20-15(18)11-25-17)10-14(12)26(23,24)21-8-4-2-3-5-9-21/h6-7,10-11H,2-5,8-9H2,1H3,(H,19,22). The molecule has 2 heterocycles. The van der Waals surface area contributed by atoms with Gasteiger partial charge in [0.05, 0.1) is 4.90 Å². The maximum Gasteiger partial charge on any atom is 0.284 e. The molecular weight excluding hydrogens is 394 g/mol. The maximum atomic E-state index is 13.1. The van der Waals surface area contributed by atoms with E-state index in [2.05, 4.69) is 10.3 Å². The predicted octanol–water partition coefficient (Wildman–Crippen LogP) is 3.92. The van der Waals surface area contributed by atoms with Gasteiger partial charge in [0.1, 0.15) is 5.15 Å². The summed E-state index contributed by atoms with van der Waals surface area (Å²) >= 11 is 6.88. The Bertz CT molecular complexity index is 904. The Balaban J connectivity index is 1.86. The van der Waals surface area contributed by atoms with Gasteiger partial charge >= 0.3 is 0 Å². The molecule has 1 fully saturated rings. The fourth-order valence-electron chi connectivity index (χ4n) is 2.92. The number of rotatable bonds is 4. The quantitative estimate of drug-likeness (QED) is 0.823. The highest BCUT2D eigenvalue weighted by Crippen LogP contribution is 2.26. The smallest absolute Gasteiger partial charge is 0.284 e. The van der Waals surface area contributed by atoms with Gasteiger partial charge in [-0.05, 0) is 37.5 Å². The van der Waals surface area contributed by atoms with E-state index in [1.54, 1.807) is 28.7 Å². The summed E-state index contributed by atoms with van der Waals surface area (Å²) in [6.45, 7) is 2.84. The van der Waals surface area contributed by atoms with Crippen LogP contribution < -0.4 is 5.32 Å². The second-order valence-corrected chi connectivity index (χ2v) is 9.38. The highest BCUT2D eigenvalue weighted by Gasteiger charge is 2.27. The van der Waals surface area contributed by atoms with Crippen LogP contribution in [0.25, 0.3) is 0 Å². The molecule has 0 atom stereocenters. The average Bonchev–Trinajstić information content (AvgIpc) is 2.86. The normalized spacial score (nSPS) is 16.2. The van der Waals surface area contributed by atoms with Gasteiger partial charge < -0.3 is 5.32 Å². The molecule has 0 spiro atoms. The van der Waals surface area contributed by atoms with Gasteiger partial charge in [0.2, 0.25) is 10.0 Å². The first-order valence-electron chi connectivity index (χ1n) is 8.41. The third kappa shape index (κ3) is 4.25. The molecular formula is C17H20ClN3O3S2. The summed E-state index contributed by atoms with van der Waals surface area (Å²) in [5.41, 5.74) is 1.07. The van der Waals surface area contributed by atoms with E-state index < -0.39 is 15.9 Å². The van der Waals surface area contributed by atoms with Crippen LogP contribution in [0, 0.1) is 6.92 Å². The van der Waals surface area contributed by atoms with Gasteiger partial charge in [0.15, 0.2) is 5.01 Å². The zero-order chi connectivity index (χ0) is 18.7. The van der Waals surface area contributed by atoms with Gasteiger partial charge in [0, 0.05) is 24.2 Å². The number of nitrogens with zero attached hydrogens (tertiary/aromatic N) is 2. The molecule has 3 rings (SSSR count). The molecule has 0 bridgehead atoms. The van der Waals surface area contributed by atoms with E-state index in [0.717, 1.165) is 37.0 Å². The molecule has 0 unspecified atom stereocenters. The first-order valence-corrected chi connectivity index (χ1v) is 11.1. The second kappa shape index (κ2) is 8.04. The monoisotopic (exact) mass is 413 g/mol. The first kappa shape index (κ1) is 19.3. The van der Waals surface area contributed by atoms with Gasteiger partial charge in [0.25, 0.3) is 5.91 Å². The van der Waals surface area contributed by atoms with Crippen LogP contribution >= 0.6 is 22.9 Å². The predicted molar refractivity (Wildman–Crippen MR) is 103 cm³/mol. The Morgan fingerprint density at radius 2 is 1.92 bits per heavy atom. The van der Waals surface area contributed by atoms with Crippen molar-refractivity contribution in [3.63, 3.8) is 0 Å². The number of amides is 1. The fourth-order valence-corrected chi connectivity index (χ4v) is 5.53. The zero-order valence-electron chi connectivity index (χ0n) is 14.4. The Morgan fingerprint density at radius 1 is 1.23 bits per heavy atom. The van der Waals surface area contributed by atoms with E-state index >= 15 is 0 Å². The Morgan fingerprint density at radius 3 is 2.54 bits per heavy atom. The van der Waals surface area contributed by atoms with Crippen LogP contribution in [-0.4, -0.2) is 36.7 Å². The number of hydrogen-bond acceptors (Lipinski definition) is 5. The molecule has 1 N–H and O–H groups in total. The highest BCUT2D eigenvalue weighted by molar-refractivity contribution is 7.89. The maximum absolute atomic E-state index is 13.1. The SMILES string of the molecule is Cc1ccc(NC(=O)c2nc(Cl)cs2)cc1S(=O)(=O)N1CCCCCC1. The lowest BCUT2D eigenvalue weighted by Gasteiger charge is -2.21. The Labute approximate surface area is 162 Å². The van der Waals surface area contributed by atoms with Crippen molar-refractivity contribution in [3.8, 4) is 0 Å². The van der Waals surface area contributed by atoms with Crippen molar-refractivity contribution in [2.24, 2.45) is 0 Å². The third-order valence-electron chi connectivity index (χ3n) is 4.30. The second-order valence-electron chi connectivity index (χ2n) is 6.23. The van der Waals surface area contributed by atoms with Gasteiger partial charge in [-0.15, -0.1) is 11.3 Å². The van der Waals surface area contributed by atoms with E-state index in [1.165, 1.54) is 6.07 Å². The number of benzene rings is 1. The van der Waals surface area contributed by atoms with Crippen molar-refractivity contribution in [3.05, 3.63) is 39.3 Å². The Hall–Kier alpha value is -1.48. The number of carbonyl (C=O) groups is 1. The van der Waals surface area contributed by atoms with E-state index in [-0.39, 0.29) is 15.1 Å². The molecule has 2 aromatic rings. The largest absolute Gasteiger partial charge is 0.320 e. The molecule has 9 heteroatoms. The lowest BCUT2D eigenvalue weighted by molar-refractivity contribution is 0.102. The summed E-state index contributed by atoms with van der Waals surface area (Å²) in [6, 6.07) is 4.90. The van der Waals surface area contributed by atoms with Crippen LogP contribution in [0.3, 0.4) is 0 Å². The number of carbonyl (C=O) groups excluding carboxylic acids is 1. The summed E-state index contributed by atoms with van der Waals surface area (Å²) in [5.74, 6) is -0.413. The number of sulfonamides is 1. The number of aryl methyl sites for hydroxylation is 1. The molecule has 1 aromatic heterocycles. The van der Waals surface area contributed by atoms with Crippen LogP contribution in [0.5, 0.6) is 0 Å². The molecule has 6 nitrogen and oxygen atoms in total. The van der Waals surface area contributed by atoms with Crippen LogP contribution in [0.1, 0.15) is 41.0 Å². The lowest BCUT2D eigenvalue weighted by Crippen LogP contribution is -2.32. The number of nitrogens with one attached hydrogen (secondary N) is 1. The van der Waals surface area contributed by atoms with E-state index in [0.29, 0.717) is 24.3 Å². The van der Waals surface area contributed by atoms with Gasteiger partial charge in [-0.2, -0.15) is 4.31 Å². The van der Waals surface area contributed by atoms with Crippen molar-refractivity contribution in [2.75, 3.05) is 18.4 Å². The zero-order valence-corrected chi connectivity index (χ0v) is 16.8. The minimum Gasteiger partial charge on any atom is -0.320 e. The van der Waals surface area contributed by atoms with Gasteiger partial charge in [-0.25, -0.2) is 13.4 Å². The molecule has 1 aliphatic rings. The number of hydrogen-bond donors (Lipinski definition) is 1. The molecule has 0 saturated carbocycles. The van der Waals surface area contributed by atoms with Gasteiger partial charge in [-0.3, -0.25) is 4.79 Å². The van der Waals surface area contributed by atoms with Crippen molar-refractivity contribution < 1.29 is 13.2 Å². The lowest BCUT2D eigenvalue weighted by atomic mass is 10.2. The summed E-state index contributed by atoms with van der Waals surface area (Å²) in [4.78, 5) is 16.4. The minimum absolute atomic E-state index is 0.229. The fraction of sp³-hybridized carbons (Fsp3) is 0.412. The molecule has 26 heavy (non-hydrogen) atoms. The summed E-state index contributed by atoms with van der Waals surface area (Å²) < 4.78 is 27.7.